The summed E-state index contributed by atoms with van der Waals surface area (Å²) in [5.74, 6) is 1.76. The summed E-state index contributed by atoms with van der Waals surface area (Å²) in [5.41, 5.74) is 3.18. The number of unbranched alkanes of at least 4 members (excludes halogenated alkanes) is 1. The first-order valence-electron chi connectivity index (χ1n) is 11.0. The normalized spacial score (nSPS) is 10.8. The average Bonchev–Trinajstić information content (AvgIpc) is 2.78. The van der Waals surface area contributed by atoms with Gasteiger partial charge < -0.3 is 20.3 Å². The fourth-order valence-electron chi connectivity index (χ4n) is 3.21. The Labute approximate surface area is 209 Å². The van der Waals surface area contributed by atoms with Crippen LogP contribution in [0.2, 0.25) is 0 Å². The Hall–Kier alpha value is -2.29. The number of halogens is 1. The maximum absolute atomic E-state index is 12.1. The van der Waals surface area contributed by atoms with Gasteiger partial charge in [0.2, 0.25) is 0 Å². The summed E-state index contributed by atoms with van der Waals surface area (Å²) in [4.78, 5) is 18.4. The minimum atomic E-state index is 0. The van der Waals surface area contributed by atoms with Crippen molar-refractivity contribution in [1.29, 1.82) is 0 Å². The number of amides is 1. The minimum absolute atomic E-state index is 0. The molecule has 2 aromatic rings. The van der Waals surface area contributed by atoms with E-state index in [0.717, 1.165) is 68.2 Å². The summed E-state index contributed by atoms with van der Waals surface area (Å²) in [6.45, 7) is 4.44. The molecule has 7 heteroatoms. The molecule has 2 aromatic carbocycles. The van der Waals surface area contributed by atoms with Crippen LogP contribution in [0, 0.1) is 0 Å². The van der Waals surface area contributed by atoms with Crippen molar-refractivity contribution in [2.45, 2.75) is 32.6 Å². The maximum Gasteiger partial charge on any atom is 0.253 e. The second-order valence-corrected chi connectivity index (χ2v) is 7.64. The molecule has 0 saturated carbocycles. The second kappa shape index (κ2) is 15.5. The molecule has 0 saturated heterocycles. The summed E-state index contributed by atoms with van der Waals surface area (Å²) in [7, 11) is 5.23. The molecule has 6 nitrogen and oxygen atoms in total. The number of hydrogen-bond donors (Lipinski definition) is 2. The van der Waals surface area contributed by atoms with Crippen LogP contribution in [-0.4, -0.2) is 57.6 Å². The molecule has 176 valence electrons. The quantitative estimate of drug-likeness (QED) is 0.191. The van der Waals surface area contributed by atoms with Crippen molar-refractivity contribution in [3.05, 3.63) is 65.2 Å². The molecule has 0 radical (unpaired) electrons. The average molecular weight is 553 g/mol. The number of benzene rings is 2. The van der Waals surface area contributed by atoms with Gasteiger partial charge in [0.25, 0.3) is 5.91 Å². The lowest BCUT2D eigenvalue weighted by molar-refractivity contribution is 0.0827. The van der Waals surface area contributed by atoms with Crippen LogP contribution in [0.3, 0.4) is 0 Å². The van der Waals surface area contributed by atoms with Crippen LogP contribution in [0.15, 0.2) is 53.5 Å². The Kier molecular flexibility index (Phi) is 13.4. The van der Waals surface area contributed by atoms with Crippen molar-refractivity contribution < 1.29 is 9.53 Å². The molecule has 0 aliphatic heterocycles. The third-order valence-electron chi connectivity index (χ3n) is 4.93. The number of guanidine groups is 1. The fraction of sp³-hybridized carbons (Fsp3) is 0.440. The van der Waals surface area contributed by atoms with Crippen molar-refractivity contribution in [1.82, 2.24) is 15.5 Å². The van der Waals surface area contributed by atoms with Gasteiger partial charge in [-0.3, -0.25) is 9.79 Å². The van der Waals surface area contributed by atoms with Crippen LogP contribution in [0.4, 0.5) is 0 Å². The van der Waals surface area contributed by atoms with Gasteiger partial charge in [-0.1, -0.05) is 24.3 Å². The first kappa shape index (κ1) is 27.7. The van der Waals surface area contributed by atoms with Gasteiger partial charge in [0.15, 0.2) is 5.96 Å². The Morgan fingerprint density at radius 1 is 1.00 bits per heavy atom. The third-order valence-corrected chi connectivity index (χ3v) is 4.93. The smallest absolute Gasteiger partial charge is 0.253 e. The molecule has 1 amide bonds. The van der Waals surface area contributed by atoms with E-state index < -0.39 is 0 Å². The lowest BCUT2D eigenvalue weighted by atomic mass is 10.1. The third kappa shape index (κ3) is 9.89. The Bertz CT molecular complexity index is 838. The van der Waals surface area contributed by atoms with E-state index in [-0.39, 0.29) is 29.9 Å². The molecular weight excluding hydrogens is 515 g/mol. The summed E-state index contributed by atoms with van der Waals surface area (Å²) < 4.78 is 5.20. The molecule has 0 bridgehead atoms. The lowest BCUT2D eigenvalue weighted by Gasteiger charge is -2.13. The van der Waals surface area contributed by atoms with Crippen LogP contribution in [0.5, 0.6) is 5.75 Å². The molecule has 0 unspecified atom stereocenters. The topological polar surface area (TPSA) is 66.0 Å². The predicted octanol–water partition coefficient (Wildman–Crippen LogP) is 4.14. The number of carbonyl (C=O) groups is 1. The van der Waals surface area contributed by atoms with Gasteiger partial charge in [-0.05, 0) is 68.0 Å². The highest BCUT2D eigenvalue weighted by molar-refractivity contribution is 14.0. The molecule has 32 heavy (non-hydrogen) atoms. The SMILES string of the molecule is CCNC(=NCCCCc1ccc(OC)cc1)NCCc1cccc(C(=O)N(C)C)c1.I. The van der Waals surface area contributed by atoms with E-state index in [1.54, 1.807) is 26.1 Å². The van der Waals surface area contributed by atoms with Crippen molar-refractivity contribution >= 4 is 35.8 Å². The highest BCUT2D eigenvalue weighted by Gasteiger charge is 2.08. The van der Waals surface area contributed by atoms with Crippen molar-refractivity contribution in [2.24, 2.45) is 4.99 Å². The predicted molar refractivity (Wildman–Crippen MR) is 143 cm³/mol. The van der Waals surface area contributed by atoms with Gasteiger partial charge in [0.1, 0.15) is 5.75 Å². The van der Waals surface area contributed by atoms with Crippen molar-refractivity contribution in [3.8, 4) is 5.75 Å². The number of carbonyl (C=O) groups excluding carboxylic acids is 1. The minimum Gasteiger partial charge on any atom is -0.497 e. The first-order valence-corrected chi connectivity index (χ1v) is 11.0. The van der Waals surface area contributed by atoms with E-state index in [1.165, 1.54) is 5.56 Å². The second-order valence-electron chi connectivity index (χ2n) is 7.64. The van der Waals surface area contributed by atoms with Crippen LogP contribution >= 0.6 is 24.0 Å². The zero-order valence-corrected chi connectivity index (χ0v) is 22.0. The number of aryl methyl sites for hydroxylation is 1. The zero-order chi connectivity index (χ0) is 22.5. The molecule has 0 aromatic heterocycles. The summed E-state index contributed by atoms with van der Waals surface area (Å²) in [6, 6.07) is 16.1. The number of ether oxygens (including phenoxy) is 1. The standard InChI is InChI=1S/C25H36N4O2.HI/c1-5-26-25(27-17-7-6-9-20-12-14-23(31-4)15-13-20)28-18-16-21-10-8-11-22(19-21)24(30)29(2)3;/h8,10-15,19H,5-7,9,16-18H2,1-4H3,(H2,26,27,28);1H. The largest absolute Gasteiger partial charge is 0.497 e. The number of rotatable bonds is 11. The van der Waals surface area contributed by atoms with Gasteiger partial charge in [0, 0.05) is 39.3 Å². The molecule has 0 fully saturated rings. The Morgan fingerprint density at radius 2 is 1.75 bits per heavy atom. The monoisotopic (exact) mass is 552 g/mol. The van der Waals surface area contributed by atoms with E-state index >= 15 is 0 Å². The van der Waals surface area contributed by atoms with E-state index in [4.69, 9.17) is 4.74 Å². The van der Waals surface area contributed by atoms with Gasteiger partial charge in [0.05, 0.1) is 7.11 Å². The van der Waals surface area contributed by atoms with Gasteiger partial charge in [-0.2, -0.15) is 0 Å². The van der Waals surface area contributed by atoms with Crippen molar-refractivity contribution in [3.63, 3.8) is 0 Å². The molecular formula is C25H37IN4O2. The number of nitrogens with zero attached hydrogens (tertiary/aromatic N) is 2. The fourth-order valence-corrected chi connectivity index (χ4v) is 3.21. The molecule has 0 heterocycles. The van der Waals surface area contributed by atoms with Gasteiger partial charge >= 0.3 is 0 Å². The first-order chi connectivity index (χ1) is 15.0. The highest BCUT2D eigenvalue weighted by atomic mass is 127. The van der Waals surface area contributed by atoms with E-state index in [1.807, 2.05) is 30.3 Å². The summed E-state index contributed by atoms with van der Waals surface area (Å²) >= 11 is 0. The van der Waals surface area contributed by atoms with Crippen molar-refractivity contribution in [2.75, 3.05) is 40.8 Å². The van der Waals surface area contributed by atoms with Crippen LogP contribution in [-0.2, 0) is 12.8 Å². The molecule has 2 rings (SSSR count). The highest BCUT2D eigenvalue weighted by Crippen LogP contribution is 2.13. The van der Waals surface area contributed by atoms with Crippen LogP contribution in [0.25, 0.3) is 0 Å². The molecule has 0 atom stereocenters. The van der Waals surface area contributed by atoms with Crippen LogP contribution in [0.1, 0.15) is 41.3 Å². The number of aliphatic imine (C=N–C) groups is 1. The number of hydrogen-bond acceptors (Lipinski definition) is 3. The lowest BCUT2D eigenvalue weighted by Crippen LogP contribution is -2.38. The Balaban J connectivity index is 0.00000512. The molecule has 0 aliphatic carbocycles. The van der Waals surface area contributed by atoms with E-state index in [9.17, 15) is 4.79 Å². The van der Waals surface area contributed by atoms with E-state index in [0.29, 0.717) is 0 Å². The molecule has 0 spiro atoms. The van der Waals surface area contributed by atoms with Crippen LogP contribution < -0.4 is 15.4 Å². The number of nitrogens with one attached hydrogen (secondary N) is 2. The summed E-state index contributed by atoms with van der Waals surface area (Å²) in [6.07, 6.45) is 4.02. The number of methoxy groups -OCH3 is 1. The van der Waals surface area contributed by atoms with Gasteiger partial charge in [-0.15, -0.1) is 24.0 Å². The maximum atomic E-state index is 12.1. The molecule has 2 N–H and O–H groups in total. The zero-order valence-electron chi connectivity index (χ0n) is 19.7. The van der Waals surface area contributed by atoms with E-state index in [2.05, 4.69) is 40.7 Å². The molecule has 0 aliphatic rings. The summed E-state index contributed by atoms with van der Waals surface area (Å²) in [5, 5.41) is 6.69. The Morgan fingerprint density at radius 3 is 2.41 bits per heavy atom. The van der Waals surface area contributed by atoms with Gasteiger partial charge in [-0.25, -0.2) is 0 Å².